The van der Waals surface area contributed by atoms with E-state index in [0.717, 1.165) is 16.8 Å². The molecule has 1 aromatic heterocycles. The Hall–Kier alpha value is -2.23. The van der Waals surface area contributed by atoms with E-state index >= 15 is 0 Å². The van der Waals surface area contributed by atoms with E-state index in [1.54, 1.807) is 0 Å². The molecule has 4 N–H and O–H groups in total. The van der Waals surface area contributed by atoms with Crippen molar-refractivity contribution >= 4 is 11.6 Å². The minimum Gasteiger partial charge on any atom is -0.399 e. The molecule has 0 bridgehead atoms. The average Bonchev–Trinajstić information content (AvgIpc) is 2.88. The van der Waals surface area contributed by atoms with Gasteiger partial charge < -0.3 is 16.0 Å². The number of aryl methyl sites for hydroxylation is 1. The van der Waals surface area contributed by atoms with Crippen LogP contribution in [0.25, 0.3) is 0 Å². The molecule has 0 aliphatic heterocycles. The van der Waals surface area contributed by atoms with Crippen molar-refractivity contribution in [1.29, 1.82) is 0 Å². The Balaban J connectivity index is 1.77. The van der Waals surface area contributed by atoms with E-state index in [1.165, 1.54) is 0 Å². The summed E-state index contributed by atoms with van der Waals surface area (Å²) in [7, 11) is 0. The summed E-state index contributed by atoms with van der Waals surface area (Å²) in [6.07, 6.45) is 4.84. The lowest BCUT2D eigenvalue weighted by atomic mass is 10.1. The van der Waals surface area contributed by atoms with Gasteiger partial charge in [-0.3, -0.25) is 4.79 Å². The highest BCUT2D eigenvalue weighted by molar-refractivity contribution is 5.76. The topological polar surface area (TPSA) is 70.9 Å². The van der Waals surface area contributed by atoms with Gasteiger partial charge >= 0.3 is 0 Å². The Morgan fingerprint density at radius 2 is 2.11 bits per heavy atom. The SMILES string of the molecule is Nc1ccccc1CCC(=O)NCc1cc[nH]c1. The molecule has 0 atom stereocenters. The van der Waals surface area contributed by atoms with Gasteiger partial charge in [0.15, 0.2) is 0 Å². The summed E-state index contributed by atoms with van der Waals surface area (Å²) >= 11 is 0. The molecule has 4 nitrogen and oxygen atoms in total. The third-order valence-corrected chi connectivity index (χ3v) is 2.83. The summed E-state index contributed by atoms with van der Waals surface area (Å²) in [5, 5.41) is 2.88. The second kappa shape index (κ2) is 5.91. The molecule has 2 rings (SSSR count). The summed E-state index contributed by atoms with van der Waals surface area (Å²) < 4.78 is 0. The molecule has 1 heterocycles. The molecular weight excluding hydrogens is 226 g/mol. The number of rotatable bonds is 5. The van der Waals surface area contributed by atoms with Crippen LogP contribution in [0.2, 0.25) is 0 Å². The van der Waals surface area contributed by atoms with Crippen molar-refractivity contribution in [1.82, 2.24) is 10.3 Å². The predicted octanol–water partition coefficient (Wildman–Crippen LogP) is 1.85. The van der Waals surface area contributed by atoms with Crippen LogP contribution in [-0.2, 0) is 17.8 Å². The molecule has 0 aliphatic carbocycles. The number of nitrogens with two attached hydrogens (primary N) is 1. The normalized spacial score (nSPS) is 10.2. The van der Waals surface area contributed by atoms with Gasteiger partial charge in [0, 0.05) is 31.0 Å². The lowest BCUT2D eigenvalue weighted by molar-refractivity contribution is -0.121. The second-order valence-electron chi connectivity index (χ2n) is 4.19. The van der Waals surface area contributed by atoms with Crippen molar-refractivity contribution in [2.75, 3.05) is 5.73 Å². The molecule has 0 saturated carbocycles. The van der Waals surface area contributed by atoms with E-state index in [-0.39, 0.29) is 5.91 Å². The molecule has 1 aromatic carbocycles. The van der Waals surface area contributed by atoms with Gasteiger partial charge in [0.2, 0.25) is 5.91 Å². The highest BCUT2D eigenvalue weighted by atomic mass is 16.1. The molecule has 0 unspecified atom stereocenters. The standard InChI is InChI=1S/C14H17N3O/c15-13-4-2-1-3-12(13)5-6-14(18)17-10-11-7-8-16-9-11/h1-4,7-9,16H,5-6,10,15H2,(H,17,18). The van der Waals surface area contributed by atoms with Crippen LogP contribution in [0, 0.1) is 0 Å². The van der Waals surface area contributed by atoms with Gasteiger partial charge in [-0.2, -0.15) is 0 Å². The maximum absolute atomic E-state index is 11.7. The van der Waals surface area contributed by atoms with Crippen LogP contribution in [0.15, 0.2) is 42.7 Å². The highest BCUT2D eigenvalue weighted by Crippen LogP contribution is 2.12. The molecule has 0 fully saturated rings. The van der Waals surface area contributed by atoms with Gasteiger partial charge in [-0.1, -0.05) is 18.2 Å². The van der Waals surface area contributed by atoms with Crippen molar-refractivity contribution < 1.29 is 4.79 Å². The Labute approximate surface area is 106 Å². The number of nitrogen functional groups attached to an aromatic ring is 1. The monoisotopic (exact) mass is 243 g/mol. The van der Waals surface area contributed by atoms with Gasteiger partial charge in [-0.05, 0) is 29.7 Å². The van der Waals surface area contributed by atoms with E-state index in [9.17, 15) is 4.79 Å². The maximum Gasteiger partial charge on any atom is 0.220 e. The van der Waals surface area contributed by atoms with E-state index in [0.29, 0.717) is 19.4 Å². The Bertz CT molecular complexity index is 506. The summed E-state index contributed by atoms with van der Waals surface area (Å²) in [6.45, 7) is 0.562. The van der Waals surface area contributed by atoms with Crippen LogP contribution in [0.5, 0.6) is 0 Å². The molecule has 0 saturated heterocycles. The zero-order chi connectivity index (χ0) is 12.8. The van der Waals surface area contributed by atoms with E-state index in [1.807, 2.05) is 42.7 Å². The number of amides is 1. The number of hydrogen-bond donors (Lipinski definition) is 3. The van der Waals surface area contributed by atoms with Gasteiger partial charge in [-0.25, -0.2) is 0 Å². The first-order chi connectivity index (χ1) is 8.75. The van der Waals surface area contributed by atoms with Crippen molar-refractivity contribution in [3.63, 3.8) is 0 Å². The number of nitrogens with one attached hydrogen (secondary N) is 2. The smallest absolute Gasteiger partial charge is 0.220 e. The summed E-state index contributed by atoms with van der Waals surface area (Å²) in [5.41, 5.74) is 8.66. The predicted molar refractivity (Wildman–Crippen MR) is 71.8 cm³/mol. The number of H-pyrrole nitrogens is 1. The van der Waals surface area contributed by atoms with Crippen LogP contribution in [-0.4, -0.2) is 10.9 Å². The third kappa shape index (κ3) is 3.38. The molecule has 0 aliphatic rings. The third-order valence-electron chi connectivity index (χ3n) is 2.83. The average molecular weight is 243 g/mol. The highest BCUT2D eigenvalue weighted by Gasteiger charge is 2.04. The molecule has 0 radical (unpaired) electrons. The van der Waals surface area contributed by atoms with E-state index < -0.39 is 0 Å². The van der Waals surface area contributed by atoms with Crippen molar-refractivity contribution in [3.8, 4) is 0 Å². The Morgan fingerprint density at radius 3 is 2.83 bits per heavy atom. The number of anilines is 1. The molecule has 4 heteroatoms. The molecule has 2 aromatic rings. The lowest BCUT2D eigenvalue weighted by Crippen LogP contribution is -2.22. The molecule has 1 amide bonds. The summed E-state index contributed by atoms with van der Waals surface area (Å²) in [5.74, 6) is 0.0412. The lowest BCUT2D eigenvalue weighted by Gasteiger charge is -2.06. The first-order valence-electron chi connectivity index (χ1n) is 5.97. The fourth-order valence-electron chi connectivity index (χ4n) is 1.77. The number of carbonyl (C=O) groups excluding carboxylic acids is 1. The summed E-state index contributed by atoms with van der Waals surface area (Å²) in [6, 6.07) is 9.57. The van der Waals surface area contributed by atoms with Crippen LogP contribution in [0.3, 0.4) is 0 Å². The van der Waals surface area contributed by atoms with Gasteiger partial charge in [0.05, 0.1) is 0 Å². The Kier molecular flexibility index (Phi) is 4.02. The first kappa shape index (κ1) is 12.2. The van der Waals surface area contributed by atoms with Crippen LogP contribution >= 0.6 is 0 Å². The zero-order valence-corrected chi connectivity index (χ0v) is 10.1. The minimum absolute atomic E-state index is 0.0412. The number of aromatic nitrogens is 1. The van der Waals surface area contributed by atoms with Crippen LogP contribution < -0.4 is 11.1 Å². The van der Waals surface area contributed by atoms with Crippen molar-refractivity contribution in [2.45, 2.75) is 19.4 Å². The van der Waals surface area contributed by atoms with Crippen LogP contribution in [0.1, 0.15) is 17.5 Å². The number of aromatic amines is 1. The second-order valence-corrected chi connectivity index (χ2v) is 4.19. The van der Waals surface area contributed by atoms with Gasteiger partial charge in [-0.15, -0.1) is 0 Å². The number of benzene rings is 1. The molecule has 18 heavy (non-hydrogen) atoms. The summed E-state index contributed by atoms with van der Waals surface area (Å²) in [4.78, 5) is 14.6. The fraction of sp³-hybridized carbons (Fsp3) is 0.214. The van der Waals surface area contributed by atoms with Gasteiger partial charge in [0.25, 0.3) is 0 Å². The number of hydrogen-bond acceptors (Lipinski definition) is 2. The van der Waals surface area contributed by atoms with Crippen molar-refractivity contribution in [2.24, 2.45) is 0 Å². The maximum atomic E-state index is 11.7. The number of carbonyl (C=O) groups is 1. The Morgan fingerprint density at radius 1 is 1.28 bits per heavy atom. The van der Waals surface area contributed by atoms with Crippen molar-refractivity contribution in [3.05, 3.63) is 53.9 Å². The first-order valence-corrected chi connectivity index (χ1v) is 5.97. The fourth-order valence-corrected chi connectivity index (χ4v) is 1.77. The molecular formula is C14H17N3O. The zero-order valence-electron chi connectivity index (χ0n) is 10.1. The number of para-hydroxylation sites is 1. The minimum atomic E-state index is 0.0412. The van der Waals surface area contributed by atoms with E-state index in [2.05, 4.69) is 10.3 Å². The van der Waals surface area contributed by atoms with Crippen LogP contribution in [0.4, 0.5) is 5.69 Å². The largest absolute Gasteiger partial charge is 0.399 e. The van der Waals surface area contributed by atoms with E-state index in [4.69, 9.17) is 5.73 Å². The molecule has 0 spiro atoms. The van der Waals surface area contributed by atoms with Gasteiger partial charge in [0.1, 0.15) is 0 Å². The quantitative estimate of drug-likeness (QED) is 0.701. The molecule has 94 valence electrons.